The van der Waals surface area contributed by atoms with Crippen LogP contribution in [0.2, 0.25) is 0 Å². The first kappa shape index (κ1) is 13.4. The SMILES string of the molecule is NC(=O)c1ccc(NCc2cn(CC(=O)O)nn2)nn1. The maximum absolute atomic E-state index is 10.8. The van der Waals surface area contributed by atoms with Gasteiger partial charge in [-0.1, -0.05) is 5.21 Å². The zero-order valence-corrected chi connectivity index (χ0v) is 10.2. The number of carbonyl (C=O) groups excluding carboxylic acids is 1. The van der Waals surface area contributed by atoms with Gasteiger partial charge in [-0.3, -0.25) is 9.59 Å². The number of nitrogens with zero attached hydrogens (tertiary/aromatic N) is 5. The number of carboxylic acid groups (broad SMARTS) is 1. The van der Waals surface area contributed by atoms with Crippen molar-refractivity contribution in [3.63, 3.8) is 0 Å². The van der Waals surface area contributed by atoms with Gasteiger partial charge in [-0.05, 0) is 12.1 Å². The first-order valence-electron chi connectivity index (χ1n) is 5.53. The Labute approximate surface area is 112 Å². The third-order valence-corrected chi connectivity index (χ3v) is 2.25. The third kappa shape index (κ3) is 3.48. The first-order valence-corrected chi connectivity index (χ1v) is 5.53. The lowest BCUT2D eigenvalue weighted by atomic mass is 10.3. The largest absolute Gasteiger partial charge is 0.480 e. The molecule has 2 aromatic rings. The lowest BCUT2D eigenvalue weighted by molar-refractivity contribution is -0.137. The Hall–Kier alpha value is -3.04. The summed E-state index contributed by atoms with van der Waals surface area (Å²) >= 11 is 0. The van der Waals surface area contributed by atoms with Gasteiger partial charge < -0.3 is 16.2 Å². The minimum atomic E-state index is -0.998. The highest BCUT2D eigenvalue weighted by molar-refractivity contribution is 5.90. The van der Waals surface area contributed by atoms with Crippen LogP contribution >= 0.6 is 0 Å². The van der Waals surface area contributed by atoms with Crippen LogP contribution in [-0.2, 0) is 17.9 Å². The van der Waals surface area contributed by atoms with Gasteiger partial charge in [0, 0.05) is 0 Å². The van der Waals surface area contributed by atoms with E-state index in [2.05, 4.69) is 25.8 Å². The number of hydrogen-bond donors (Lipinski definition) is 3. The summed E-state index contributed by atoms with van der Waals surface area (Å²) in [5, 5.41) is 26.3. The Morgan fingerprint density at radius 2 is 2.10 bits per heavy atom. The van der Waals surface area contributed by atoms with Crippen LogP contribution in [0.1, 0.15) is 16.2 Å². The van der Waals surface area contributed by atoms with Crippen LogP contribution in [0, 0.1) is 0 Å². The molecule has 0 saturated heterocycles. The van der Waals surface area contributed by atoms with Crippen molar-refractivity contribution in [2.75, 3.05) is 5.32 Å². The van der Waals surface area contributed by atoms with E-state index < -0.39 is 11.9 Å². The summed E-state index contributed by atoms with van der Waals surface area (Å²) in [6, 6.07) is 2.99. The van der Waals surface area contributed by atoms with Crippen molar-refractivity contribution in [3.05, 3.63) is 29.7 Å². The van der Waals surface area contributed by atoms with E-state index in [1.807, 2.05) is 0 Å². The van der Waals surface area contributed by atoms with Crippen LogP contribution in [0.5, 0.6) is 0 Å². The molecule has 0 spiro atoms. The van der Waals surface area contributed by atoms with Crippen molar-refractivity contribution in [1.82, 2.24) is 25.2 Å². The van der Waals surface area contributed by atoms with E-state index in [0.29, 0.717) is 18.1 Å². The molecular weight excluding hydrogens is 266 g/mol. The summed E-state index contributed by atoms with van der Waals surface area (Å²) in [6.07, 6.45) is 1.51. The molecule has 10 heteroatoms. The highest BCUT2D eigenvalue weighted by Gasteiger charge is 2.06. The molecule has 0 aromatic carbocycles. The van der Waals surface area contributed by atoms with E-state index in [1.54, 1.807) is 6.07 Å². The lowest BCUT2D eigenvalue weighted by Gasteiger charge is -2.02. The smallest absolute Gasteiger partial charge is 0.325 e. The molecule has 20 heavy (non-hydrogen) atoms. The number of anilines is 1. The van der Waals surface area contributed by atoms with Crippen molar-refractivity contribution in [1.29, 1.82) is 0 Å². The second kappa shape index (κ2) is 5.73. The van der Waals surface area contributed by atoms with Gasteiger partial charge in [0.25, 0.3) is 5.91 Å². The number of amides is 1. The van der Waals surface area contributed by atoms with Crippen molar-refractivity contribution in [3.8, 4) is 0 Å². The molecule has 1 amide bonds. The molecule has 0 aliphatic carbocycles. The van der Waals surface area contributed by atoms with Crippen LogP contribution in [0.3, 0.4) is 0 Å². The molecule has 0 saturated carbocycles. The molecule has 0 fully saturated rings. The molecule has 0 radical (unpaired) electrons. The molecule has 2 rings (SSSR count). The van der Waals surface area contributed by atoms with Gasteiger partial charge >= 0.3 is 5.97 Å². The standard InChI is InChI=1S/C10H11N7O3/c11-10(20)7-1-2-8(15-14-7)12-3-6-4-17(16-13-6)5-9(18)19/h1-2,4H,3,5H2,(H2,11,20)(H,12,15)(H,18,19). The number of rotatable bonds is 6. The second-order valence-corrected chi connectivity index (χ2v) is 3.82. The van der Waals surface area contributed by atoms with Crippen LogP contribution in [0.15, 0.2) is 18.3 Å². The Bertz CT molecular complexity index is 622. The molecule has 0 unspecified atom stereocenters. The average Bonchev–Trinajstić information content (AvgIpc) is 2.83. The van der Waals surface area contributed by atoms with Crippen molar-refractivity contribution >= 4 is 17.7 Å². The summed E-state index contributed by atoms with van der Waals surface area (Å²) in [5.74, 6) is -1.22. The summed E-state index contributed by atoms with van der Waals surface area (Å²) in [7, 11) is 0. The van der Waals surface area contributed by atoms with E-state index in [9.17, 15) is 9.59 Å². The molecule has 10 nitrogen and oxygen atoms in total. The molecule has 0 aliphatic heterocycles. The summed E-state index contributed by atoms with van der Waals surface area (Å²) in [4.78, 5) is 21.3. The maximum atomic E-state index is 10.8. The predicted molar refractivity (Wildman–Crippen MR) is 65.5 cm³/mol. The third-order valence-electron chi connectivity index (χ3n) is 2.25. The number of hydrogen-bond acceptors (Lipinski definition) is 7. The van der Waals surface area contributed by atoms with Crippen molar-refractivity contribution in [2.24, 2.45) is 5.73 Å². The second-order valence-electron chi connectivity index (χ2n) is 3.82. The number of aromatic nitrogens is 5. The van der Waals surface area contributed by atoms with E-state index in [1.165, 1.54) is 16.9 Å². The number of nitrogens with two attached hydrogens (primary N) is 1. The number of carboxylic acids is 1. The fourth-order valence-electron chi connectivity index (χ4n) is 1.37. The van der Waals surface area contributed by atoms with Crippen LogP contribution in [-0.4, -0.2) is 42.2 Å². The van der Waals surface area contributed by atoms with Crippen LogP contribution in [0.25, 0.3) is 0 Å². The predicted octanol–water partition coefficient (Wildman–Crippen LogP) is -1.14. The fraction of sp³-hybridized carbons (Fsp3) is 0.200. The molecule has 0 atom stereocenters. The van der Waals surface area contributed by atoms with Gasteiger partial charge in [-0.2, -0.15) is 0 Å². The average molecular weight is 277 g/mol. The molecule has 4 N–H and O–H groups in total. The van der Waals surface area contributed by atoms with E-state index in [-0.39, 0.29) is 12.2 Å². The van der Waals surface area contributed by atoms with Gasteiger partial charge in [0.15, 0.2) is 5.69 Å². The number of carbonyl (C=O) groups is 2. The van der Waals surface area contributed by atoms with E-state index in [0.717, 1.165) is 0 Å². The van der Waals surface area contributed by atoms with Crippen LogP contribution < -0.4 is 11.1 Å². The molecule has 2 heterocycles. The lowest BCUT2D eigenvalue weighted by Crippen LogP contribution is -2.14. The van der Waals surface area contributed by atoms with E-state index in [4.69, 9.17) is 10.8 Å². The van der Waals surface area contributed by atoms with Gasteiger partial charge in [0.1, 0.15) is 18.1 Å². The quantitative estimate of drug-likeness (QED) is 0.600. The van der Waals surface area contributed by atoms with Gasteiger partial charge in [-0.15, -0.1) is 15.3 Å². The molecular formula is C10H11N7O3. The van der Waals surface area contributed by atoms with E-state index >= 15 is 0 Å². The van der Waals surface area contributed by atoms with Gasteiger partial charge in [0.2, 0.25) is 0 Å². The Morgan fingerprint density at radius 3 is 2.70 bits per heavy atom. The zero-order chi connectivity index (χ0) is 14.5. The summed E-state index contributed by atoms with van der Waals surface area (Å²) in [5.41, 5.74) is 5.66. The first-order chi connectivity index (χ1) is 9.54. The van der Waals surface area contributed by atoms with Gasteiger partial charge in [-0.25, -0.2) is 4.68 Å². The van der Waals surface area contributed by atoms with Crippen molar-refractivity contribution in [2.45, 2.75) is 13.1 Å². The van der Waals surface area contributed by atoms with Crippen LogP contribution in [0.4, 0.5) is 5.82 Å². The highest BCUT2D eigenvalue weighted by Crippen LogP contribution is 2.04. The minimum absolute atomic E-state index is 0.0722. The Balaban J connectivity index is 1.93. The number of aliphatic carboxylic acids is 1. The molecule has 0 bridgehead atoms. The fourth-order valence-corrected chi connectivity index (χ4v) is 1.37. The minimum Gasteiger partial charge on any atom is -0.480 e. The molecule has 0 aliphatic rings. The molecule has 104 valence electrons. The molecule has 2 aromatic heterocycles. The zero-order valence-electron chi connectivity index (χ0n) is 10.2. The van der Waals surface area contributed by atoms with Crippen molar-refractivity contribution < 1.29 is 14.7 Å². The summed E-state index contributed by atoms with van der Waals surface area (Å²) < 4.78 is 1.21. The summed E-state index contributed by atoms with van der Waals surface area (Å²) in [6.45, 7) is 0.0460. The Kier molecular flexibility index (Phi) is 3.84. The topological polar surface area (TPSA) is 149 Å². The number of nitrogens with one attached hydrogen (secondary N) is 1. The Morgan fingerprint density at radius 1 is 1.30 bits per heavy atom. The number of primary amides is 1. The normalized spacial score (nSPS) is 10.2. The monoisotopic (exact) mass is 277 g/mol. The maximum Gasteiger partial charge on any atom is 0.325 e. The van der Waals surface area contributed by atoms with Gasteiger partial charge in [0.05, 0.1) is 12.7 Å². The highest BCUT2D eigenvalue weighted by atomic mass is 16.4.